The predicted molar refractivity (Wildman–Crippen MR) is 115 cm³/mol. The molecule has 28 heavy (non-hydrogen) atoms. The first-order chi connectivity index (χ1) is 12.9. The molecular weight excluding hydrogens is 358 g/mol. The Morgan fingerprint density at radius 2 is 1.68 bits per heavy atom. The van der Waals surface area contributed by atoms with Gasteiger partial charge in [0.25, 0.3) is 0 Å². The third-order valence-electron chi connectivity index (χ3n) is 4.01. The zero-order valence-electron chi connectivity index (χ0n) is 19.0. The average molecular weight is 400 g/mol. The van der Waals surface area contributed by atoms with Gasteiger partial charge in [-0.05, 0) is 48.0 Å². The van der Waals surface area contributed by atoms with E-state index in [9.17, 15) is 9.59 Å². The Morgan fingerprint density at radius 1 is 1.04 bits per heavy atom. The topological polar surface area (TPSA) is 104 Å². The van der Waals surface area contributed by atoms with E-state index >= 15 is 0 Å². The largest absolute Gasteiger partial charge is 0.444 e. The number of carbonyl (C=O) groups is 2. The minimum atomic E-state index is -0.568. The first kappa shape index (κ1) is 26.0. The van der Waals surface area contributed by atoms with Crippen molar-refractivity contribution in [2.75, 3.05) is 26.7 Å². The lowest BCUT2D eigenvalue weighted by Crippen LogP contribution is -2.52. The number of rotatable bonds is 10. The molecule has 0 aliphatic heterocycles. The highest BCUT2D eigenvalue weighted by atomic mass is 16.6. The summed E-state index contributed by atoms with van der Waals surface area (Å²) in [6.45, 7) is 14.8. The van der Waals surface area contributed by atoms with Gasteiger partial charge in [-0.3, -0.25) is 9.79 Å². The molecule has 0 aromatic heterocycles. The van der Waals surface area contributed by atoms with Crippen LogP contribution in [0.25, 0.3) is 0 Å². The van der Waals surface area contributed by atoms with Crippen LogP contribution in [0.5, 0.6) is 0 Å². The van der Waals surface area contributed by atoms with Crippen LogP contribution in [-0.4, -0.2) is 56.3 Å². The number of amides is 2. The Balaban J connectivity index is 4.76. The normalized spacial score (nSPS) is 13.5. The second-order valence-corrected chi connectivity index (χ2v) is 8.54. The summed E-state index contributed by atoms with van der Waals surface area (Å²) < 4.78 is 5.30. The van der Waals surface area contributed by atoms with Gasteiger partial charge < -0.3 is 26.0 Å². The summed E-state index contributed by atoms with van der Waals surface area (Å²) in [6.07, 6.45) is 2.53. The Labute approximate surface area is 170 Å². The van der Waals surface area contributed by atoms with Crippen molar-refractivity contribution in [2.24, 2.45) is 10.4 Å². The molecule has 8 nitrogen and oxygen atoms in total. The molecule has 0 aromatic rings. The minimum absolute atomic E-state index is 0.00579. The number of hydrogen-bond donors (Lipinski definition) is 4. The van der Waals surface area contributed by atoms with E-state index in [-0.39, 0.29) is 11.9 Å². The van der Waals surface area contributed by atoms with E-state index < -0.39 is 17.1 Å². The van der Waals surface area contributed by atoms with Gasteiger partial charge in [0.15, 0.2) is 5.96 Å². The maximum atomic E-state index is 12.1. The fourth-order valence-corrected chi connectivity index (χ4v) is 2.37. The third-order valence-corrected chi connectivity index (χ3v) is 4.01. The van der Waals surface area contributed by atoms with Crippen LogP contribution in [-0.2, 0) is 9.53 Å². The molecule has 8 heteroatoms. The number of unbranched alkanes of at least 4 members (excludes halogenated alkanes) is 1. The van der Waals surface area contributed by atoms with E-state index in [1.807, 2.05) is 41.5 Å². The van der Waals surface area contributed by atoms with Crippen LogP contribution in [0.3, 0.4) is 0 Å². The van der Waals surface area contributed by atoms with Crippen LogP contribution in [0.4, 0.5) is 4.79 Å². The van der Waals surface area contributed by atoms with Crippen LogP contribution in [0.15, 0.2) is 4.99 Å². The number of carbonyl (C=O) groups excluding carboxylic acids is 2. The van der Waals surface area contributed by atoms with Gasteiger partial charge in [-0.2, -0.15) is 0 Å². The SMILES string of the molecule is CCCCC(CNC(=O)OC(C)(C)C)NC(=NC)NCC(C)(C)C(=O)NCC. The summed E-state index contributed by atoms with van der Waals surface area (Å²) in [5.74, 6) is 0.594. The molecule has 1 atom stereocenters. The average Bonchev–Trinajstić information content (AvgIpc) is 2.59. The molecule has 4 N–H and O–H groups in total. The number of aliphatic imine (C=N–C) groups is 1. The number of guanidine groups is 1. The molecule has 0 aliphatic rings. The van der Waals surface area contributed by atoms with Crippen molar-refractivity contribution in [3.8, 4) is 0 Å². The highest BCUT2D eigenvalue weighted by molar-refractivity contribution is 5.84. The highest BCUT2D eigenvalue weighted by Crippen LogP contribution is 2.13. The lowest BCUT2D eigenvalue weighted by molar-refractivity contribution is -0.128. The fraction of sp³-hybridized carbons (Fsp3) is 0.850. The van der Waals surface area contributed by atoms with Crippen LogP contribution in [0.2, 0.25) is 0 Å². The van der Waals surface area contributed by atoms with Gasteiger partial charge >= 0.3 is 6.09 Å². The summed E-state index contributed by atoms with van der Waals surface area (Å²) in [7, 11) is 1.69. The zero-order chi connectivity index (χ0) is 21.8. The van der Waals surface area contributed by atoms with Crippen molar-refractivity contribution in [3.63, 3.8) is 0 Å². The van der Waals surface area contributed by atoms with Crippen molar-refractivity contribution in [1.82, 2.24) is 21.3 Å². The summed E-state index contributed by atoms with van der Waals surface area (Å²) in [4.78, 5) is 28.3. The monoisotopic (exact) mass is 399 g/mol. The molecule has 0 heterocycles. The highest BCUT2D eigenvalue weighted by Gasteiger charge is 2.27. The van der Waals surface area contributed by atoms with Crippen LogP contribution in [0.1, 0.15) is 67.7 Å². The van der Waals surface area contributed by atoms with E-state index in [0.29, 0.717) is 25.6 Å². The molecular formula is C20H41N5O3. The van der Waals surface area contributed by atoms with Gasteiger partial charge in [-0.1, -0.05) is 19.8 Å². The molecule has 164 valence electrons. The van der Waals surface area contributed by atoms with Gasteiger partial charge in [0.2, 0.25) is 5.91 Å². The summed E-state index contributed by atoms with van der Waals surface area (Å²) in [5.41, 5.74) is -1.10. The van der Waals surface area contributed by atoms with Crippen molar-refractivity contribution < 1.29 is 14.3 Å². The molecule has 1 unspecified atom stereocenters. The quantitative estimate of drug-likeness (QED) is 0.334. The molecule has 0 bridgehead atoms. The van der Waals surface area contributed by atoms with Crippen molar-refractivity contribution in [3.05, 3.63) is 0 Å². The fourth-order valence-electron chi connectivity index (χ4n) is 2.37. The number of nitrogens with one attached hydrogen (secondary N) is 4. The van der Waals surface area contributed by atoms with Gasteiger partial charge in [-0.15, -0.1) is 0 Å². The number of ether oxygens (including phenoxy) is 1. The van der Waals surface area contributed by atoms with E-state index in [1.54, 1.807) is 7.05 Å². The predicted octanol–water partition coefficient (Wildman–Crippen LogP) is 2.40. The van der Waals surface area contributed by atoms with E-state index in [1.165, 1.54) is 0 Å². The summed E-state index contributed by atoms with van der Waals surface area (Å²) in [6, 6.07) is 0.00579. The van der Waals surface area contributed by atoms with Crippen LogP contribution in [0, 0.1) is 5.41 Å². The van der Waals surface area contributed by atoms with Crippen LogP contribution >= 0.6 is 0 Å². The minimum Gasteiger partial charge on any atom is -0.444 e. The smallest absolute Gasteiger partial charge is 0.407 e. The first-order valence-corrected chi connectivity index (χ1v) is 10.2. The summed E-state index contributed by atoms with van der Waals surface area (Å²) in [5, 5.41) is 12.2. The first-order valence-electron chi connectivity index (χ1n) is 10.2. The molecule has 0 radical (unpaired) electrons. The van der Waals surface area contributed by atoms with Crippen molar-refractivity contribution in [2.45, 2.75) is 79.4 Å². The zero-order valence-corrected chi connectivity index (χ0v) is 19.0. The second-order valence-electron chi connectivity index (χ2n) is 8.54. The molecule has 2 amide bonds. The molecule has 0 saturated heterocycles. The van der Waals surface area contributed by atoms with Gasteiger partial charge in [-0.25, -0.2) is 4.79 Å². The molecule has 0 spiro atoms. The molecule has 0 saturated carbocycles. The Kier molecular flexibility index (Phi) is 11.6. The van der Waals surface area contributed by atoms with Crippen molar-refractivity contribution >= 4 is 18.0 Å². The lowest BCUT2D eigenvalue weighted by Gasteiger charge is -2.27. The van der Waals surface area contributed by atoms with Crippen LogP contribution < -0.4 is 21.3 Å². The van der Waals surface area contributed by atoms with Crippen molar-refractivity contribution in [1.29, 1.82) is 0 Å². The number of alkyl carbamates (subject to hydrolysis) is 1. The number of hydrogen-bond acceptors (Lipinski definition) is 4. The number of nitrogens with zero attached hydrogens (tertiary/aromatic N) is 1. The van der Waals surface area contributed by atoms with Gasteiger partial charge in [0.1, 0.15) is 5.60 Å². The summed E-state index contributed by atoms with van der Waals surface area (Å²) >= 11 is 0. The third kappa shape index (κ3) is 11.7. The second kappa shape index (κ2) is 12.5. The standard InChI is InChI=1S/C20H41N5O3/c1-9-11-12-15(13-23-18(27)28-19(3,4)5)25-17(21-8)24-14-20(6,7)16(26)22-10-2/h15H,9-14H2,1-8H3,(H,22,26)(H,23,27)(H2,21,24,25). The maximum Gasteiger partial charge on any atom is 0.407 e. The molecule has 0 aliphatic carbocycles. The van der Waals surface area contributed by atoms with E-state index in [0.717, 1.165) is 19.3 Å². The Bertz CT molecular complexity index is 512. The van der Waals surface area contributed by atoms with Gasteiger partial charge in [0.05, 0.1) is 5.41 Å². The molecule has 0 rings (SSSR count). The van der Waals surface area contributed by atoms with E-state index in [2.05, 4.69) is 33.2 Å². The van der Waals surface area contributed by atoms with Gasteiger partial charge in [0, 0.05) is 32.7 Å². The Hall–Kier alpha value is -1.99. The molecule has 0 fully saturated rings. The lowest BCUT2D eigenvalue weighted by atomic mass is 9.92. The Morgan fingerprint density at radius 3 is 2.18 bits per heavy atom. The molecule has 0 aromatic carbocycles. The van der Waals surface area contributed by atoms with E-state index in [4.69, 9.17) is 4.74 Å². The maximum absolute atomic E-state index is 12.1.